The number of hydrogen-bond acceptors (Lipinski definition) is 7. The standard InChI is InChI=1S/C17H14F3N3O7S/c1-10(24)21-11-2-4-12(5-3-11)22-16(25)9-30-15-7-6-13(8-14(15)23(26)27)31(28,29)17(18,19)20/h2-8H,9H2,1H3,(H,21,24)(H,22,25). The number of nitrogens with one attached hydrogen (secondary N) is 2. The summed E-state index contributed by atoms with van der Waals surface area (Å²) in [7, 11) is -5.80. The number of rotatable bonds is 7. The molecule has 2 N–H and O–H groups in total. The number of amides is 2. The fourth-order valence-electron chi connectivity index (χ4n) is 2.24. The lowest BCUT2D eigenvalue weighted by Gasteiger charge is -2.11. The molecule has 10 nitrogen and oxygen atoms in total. The van der Waals surface area contributed by atoms with Crippen LogP contribution >= 0.6 is 0 Å². The van der Waals surface area contributed by atoms with Gasteiger partial charge in [0, 0.05) is 24.4 Å². The summed E-state index contributed by atoms with van der Waals surface area (Å²) in [4.78, 5) is 31.6. The Balaban J connectivity index is 2.11. The predicted octanol–water partition coefficient (Wildman–Crippen LogP) is 2.86. The molecule has 166 valence electrons. The number of ether oxygens (including phenoxy) is 1. The van der Waals surface area contributed by atoms with Crippen LogP contribution in [0.1, 0.15) is 6.92 Å². The molecular formula is C17H14F3N3O7S. The molecule has 0 spiro atoms. The van der Waals surface area contributed by atoms with Crippen LogP contribution in [0.3, 0.4) is 0 Å². The van der Waals surface area contributed by atoms with Gasteiger partial charge in [0.05, 0.1) is 9.82 Å². The molecule has 2 rings (SSSR count). The fraction of sp³-hybridized carbons (Fsp3) is 0.176. The number of carbonyl (C=O) groups is 2. The van der Waals surface area contributed by atoms with E-state index in [1.807, 2.05) is 0 Å². The van der Waals surface area contributed by atoms with Crippen molar-refractivity contribution >= 4 is 38.7 Å². The number of nitrogens with zero attached hydrogens (tertiary/aromatic N) is 1. The first-order chi connectivity index (χ1) is 14.3. The van der Waals surface area contributed by atoms with Crippen LogP contribution in [-0.2, 0) is 19.4 Å². The van der Waals surface area contributed by atoms with Gasteiger partial charge in [0.2, 0.25) is 5.91 Å². The summed E-state index contributed by atoms with van der Waals surface area (Å²) in [5.74, 6) is -1.64. The fourth-order valence-corrected chi connectivity index (χ4v) is 3.02. The van der Waals surface area contributed by atoms with E-state index in [1.54, 1.807) is 0 Å². The van der Waals surface area contributed by atoms with Gasteiger partial charge in [0.1, 0.15) is 0 Å². The van der Waals surface area contributed by atoms with E-state index in [0.29, 0.717) is 23.5 Å². The average Bonchev–Trinajstić information content (AvgIpc) is 2.66. The monoisotopic (exact) mass is 461 g/mol. The van der Waals surface area contributed by atoms with Crippen molar-refractivity contribution in [2.45, 2.75) is 17.3 Å². The molecule has 0 atom stereocenters. The van der Waals surface area contributed by atoms with Crippen molar-refractivity contribution in [3.8, 4) is 5.75 Å². The van der Waals surface area contributed by atoms with E-state index in [9.17, 15) is 41.3 Å². The van der Waals surface area contributed by atoms with Gasteiger partial charge in [-0.2, -0.15) is 13.2 Å². The number of benzene rings is 2. The quantitative estimate of drug-likeness (QED) is 0.476. The number of alkyl halides is 3. The van der Waals surface area contributed by atoms with Crippen LogP contribution in [-0.4, -0.2) is 37.3 Å². The van der Waals surface area contributed by atoms with Crippen molar-refractivity contribution in [3.05, 3.63) is 52.6 Å². The minimum atomic E-state index is -5.80. The average molecular weight is 461 g/mol. The first-order valence-corrected chi connectivity index (χ1v) is 9.69. The molecule has 31 heavy (non-hydrogen) atoms. The van der Waals surface area contributed by atoms with Crippen LogP contribution < -0.4 is 15.4 Å². The molecule has 0 bridgehead atoms. The Morgan fingerprint density at radius 2 is 1.61 bits per heavy atom. The molecule has 2 aromatic carbocycles. The van der Waals surface area contributed by atoms with Gasteiger partial charge in [-0.05, 0) is 36.4 Å². The Kier molecular flexibility index (Phi) is 6.84. The summed E-state index contributed by atoms with van der Waals surface area (Å²) in [5.41, 5.74) is -5.91. The molecule has 0 unspecified atom stereocenters. The van der Waals surface area contributed by atoms with E-state index in [1.165, 1.54) is 31.2 Å². The molecule has 2 amide bonds. The summed E-state index contributed by atoms with van der Waals surface area (Å²) in [6.07, 6.45) is 0. The summed E-state index contributed by atoms with van der Waals surface area (Å²) in [6.45, 7) is 0.566. The zero-order chi connectivity index (χ0) is 23.4. The van der Waals surface area contributed by atoms with Gasteiger partial charge >= 0.3 is 11.2 Å². The van der Waals surface area contributed by atoms with E-state index in [0.717, 1.165) is 0 Å². The Bertz CT molecular complexity index is 1120. The molecule has 0 radical (unpaired) electrons. The molecule has 2 aromatic rings. The number of hydrogen-bond donors (Lipinski definition) is 2. The van der Waals surface area contributed by atoms with Crippen molar-refractivity contribution < 1.29 is 40.8 Å². The van der Waals surface area contributed by atoms with Crippen LogP contribution in [0.25, 0.3) is 0 Å². The number of carbonyl (C=O) groups excluding carboxylic acids is 2. The lowest BCUT2D eigenvalue weighted by atomic mass is 10.2. The first-order valence-electron chi connectivity index (χ1n) is 8.21. The number of nitro groups is 1. The van der Waals surface area contributed by atoms with Gasteiger partial charge in [-0.1, -0.05) is 0 Å². The van der Waals surface area contributed by atoms with Crippen LogP contribution in [0.5, 0.6) is 5.75 Å². The Labute approximate surface area is 173 Å². The third kappa shape index (κ3) is 5.91. The van der Waals surface area contributed by atoms with Crippen LogP contribution in [0.15, 0.2) is 47.4 Å². The molecular weight excluding hydrogens is 447 g/mol. The second kappa shape index (κ2) is 8.99. The van der Waals surface area contributed by atoms with Gasteiger partial charge in [-0.3, -0.25) is 19.7 Å². The second-order valence-electron chi connectivity index (χ2n) is 5.93. The normalized spacial score (nSPS) is 11.5. The zero-order valence-electron chi connectivity index (χ0n) is 15.6. The Hall–Kier alpha value is -3.68. The summed E-state index contributed by atoms with van der Waals surface area (Å²) < 4.78 is 65.7. The zero-order valence-corrected chi connectivity index (χ0v) is 16.4. The van der Waals surface area contributed by atoms with Crippen LogP contribution in [0.2, 0.25) is 0 Å². The van der Waals surface area contributed by atoms with E-state index < -0.39 is 49.1 Å². The van der Waals surface area contributed by atoms with E-state index >= 15 is 0 Å². The maximum atomic E-state index is 12.6. The largest absolute Gasteiger partial charge is 0.501 e. The molecule has 0 saturated heterocycles. The topological polar surface area (TPSA) is 145 Å². The highest BCUT2D eigenvalue weighted by atomic mass is 32.2. The number of sulfone groups is 1. The molecule has 0 aliphatic rings. The summed E-state index contributed by atoms with van der Waals surface area (Å²) in [5, 5.41) is 16.0. The van der Waals surface area contributed by atoms with Gasteiger partial charge in [-0.25, -0.2) is 8.42 Å². The minimum absolute atomic E-state index is 0.205. The highest BCUT2D eigenvalue weighted by Gasteiger charge is 2.47. The third-order valence-electron chi connectivity index (χ3n) is 3.59. The highest BCUT2D eigenvalue weighted by Crippen LogP contribution is 2.35. The molecule has 0 aliphatic carbocycles. The van der Waals surface area contributed by atoms with Gasteiger partial charge in [-0.15, -0.1) is 0 Å². The number of nitro benzene ring substituents is 1. The van der Waals surface area contributed by atoms with Crippen molar-refractivity contribution in [2.75, 3.05) is 17.2 Å². The van der Waals surface area contributed by atoms with Gasteiger partial charge in [0.15, 0.2) is 12.4 Å². The highest BCUT2D eigenvalue weighted by molar-refractivity contribution is 7.92. The molecule has 14 heteroatoms. The Morgan fingerprint density at radius 1 is 1.06 bits per heavy atom. The molecule has 0 saturated carbocycles. The SMILES string of the molecule is CC(=O)Nc1ccc(NC(=O)COc2ccc(S(=O)(=O)C(F)(F)F)cc2[N+](=O)[O-])cc1. The molecule has 0 fully saturated rings. The minimum Gasteiger partial charge on any atom is -0.477 e. The van der Waals surface area contributed by atoms with E-state index in [4.69, 9.17) is 4.74 Å². The van der Waals surface area contributed by atoms with E-state index in [2.05, 4.69) is 10.6 Å². The van der Waals surface area contributed by atoms with Gasteiger partial charge in [0.25, 0.3) is 15.7 Å². The summed E-state index contributed by atoms with van der Waals surface area (Å²) in [6, 6.07) is 7.28. The maximum absolute atomic E-state index is 12.6. The smallest absolute Gasteiger partial charge is 0.477 e. The van der Waals surface area contributed by atoms with E-state index in [-0.39, 0.29) is 12.0 Å². The molecule has 0 aromatic heterocycles. The van der Waals surface area contributed by atoms with Crippen molar-refractivity contribution in [2.24, 2.45) is 0 Å². The lowest BCUT2D eigenvalue weighted by molar-refractivity contribution is -0.386. The number of halogens is 3. The van der Waals surface area contributed by atoms with Crippen LogP contribution in [0.4, 0.5) is 30.2 Å². The van der Waals surface area contributed by atoms with Crippen LogP contribution in [0, 0.1) is 10.1 Å². The second-order valence-corrected chi connectivity index (χ2v) is 7.87. The van der Waals surface area contributed by atoms with Crippen molar-refractivity contribution in [1.82, 2.24) is 0 Å². The first kappa shape index (κ1) is 23.6. The third-order valence-corrected chi connectivity index (χ3v) is 5.07. The molecule has 0 heterocycles. The Morgan fingerprint density at radius 3 is 2.10 bits per heavy atom. The molecule has 0 aliphatic heterocycles. The maximum Gasteiger partial charge on any atom is 0.501 e. The lowest BCUT2D eigenvalue weighted by Crippen LogP contribution is -2.23. The predicted molar refractivity (Wildman–Crippen MR) is 101 cm³/mol. The summed E-state index contributed by atoms with van der Waals surface area (Å²) >= 11 is 0. The van der Waals surface area contributed by atoms with Crippen molar-refractivity contribution in [1.29, 1.82) is 0 Å². The van der Waals surface area contributed by atoms with Crippen molar-refractivity contribution in [3.63, 3.8) is 0 Å². The number of anilines is 2. The van der Waals surface area contributed by atoms with Gasteiger partial charge < -0.3 is 15.4 Å².